The normalized spacial score (nSPS) is 13.9. The Morgan fingerprint density at radius 3 is 2.44 bits per heavy atom. The summed E-state index contributed by atoms with van der Waals surface area (Å²) in [6.45, 7) is 3.53. The van der Waals surface area contributed by atoms with E-state index < -0.39 is 7.25 Å². The van der Waals surface area contributed by atoms with Gasteiger partial charge in [-0.05, 0) is 25.0 Å². The van der Waals surface area contributed by atoms with E-state index in [1.165, 1.54) is 5.56 Å². The maximum Gasteiger partial charge on any atom is 0.673 e. The van der Waals surface area contributed by atoms with Crippen molar-refractivity contribution in [3.8, 4) is 0 Å². The lowest BCUT2D eigenvalue weighted by molar-refractivity contribution is 0.325. The fourth-order valence-corrected chi connectivity index (χ4v) is 1.57. The van der Waals surface area contributed by atoms with Gasteiger partial charge in [-0.3, -0.25) is 4.99 Å². The molecule has 1 aliphatic heterocycles. The van der Waals surface area contributed by atoms with E-state index in [4.69, 9.17) is 4.74 Å². The van der Waals surface area contributed by atoms with Crippen LogP contribution in [0, 0.1) is 0 Å². The number of halogens is 4. The van der Waals surface area contributed by atoms with E-state index in [-0.39, 0.29) is 0 Å². The molecule has 0 atom stereocenters. The number of hydrogen-bond acceptors (Lipinski definition) is 2. The highest BCUT2D eigenvalue weighted by atomic mass is 19.5. The van der Waals surface area contributed by atoms with Crippen molar-refractivity contribution in [2.75, 3.05) is 13.2 Å². The first-order valence-electron chi connectivity index (χ1n) is 5.54. The Hall–Kier alpha value is -1.53. The molecule has 2 nitrogen and oxygen atoms in total. The molecule has 0 spiro atoms. The quantitative estimate of drug-likeness (QED) is 0.562. The Morgan fingerprint density at radius 1 is 1.22 bits per heavy atom. The fourth-order valence-electron chi connectivity index (χ4n) is 1.57. The van der Waals surface area contributed by atoms with Crippen molar-refractivity contribution in [2.45, 2.75) is 13.3 Å². The molecule has 2 rings (SSSR count). The van der Waals surface area contributed by atoms with Crippen LogP contribution >= 0.6 is 0 Å². The molecule has 1 aromatic carbocycles. The molecule has 0 radical (unpaired) electrons. The minimum absolute atomic E-state index is 0.688. The molecule has 1 heterocycles. The molecule has 0 aromatic heterocycles. The topological polar surface area (TPSA) is 21.6 Å². The van der Waals surface area contributed by atoms with Crippen LogP contribution in [0.5, 0.6) is 0 Å². The minimum Gasteiger partial charge on any atom is -0.478 e. The van der Waals surface area contributed by atoms with Gasteiger partial charge in [0.05, 0.1) is 6.61 Å². The Kier molecular flexibility index (Phi) is 5.18. The van der Waals surface area contributed by atoms with Crippen molar-refractivity contribution in [1.82, 2.24) is 0 Å². The summed E-state index contributed by atoms with van der Waals surface area (Å²) in [7, 11) is -6.00. The van der Waals surface area contributed by atoms with E-state index in [9.17, 15) is 17.3 Å². The van der Waals surface area contributed by atoms with Gasteiger partial charge in [0.15, 0.2) is 0 Å². The van der Waals surface area contributed by atoms with Crippen LogP contribution in [0.4, 0.5) is 17.3 Å². The van der Waals surface area contributed by atoms with E-state index >= 15 is 0 Å². The molecule has 0 N–H and O–H groups in total. The van der Waals surface area contributed by atoms with Crippen molar-refractivity contribution >= 4 is 13.2 Å². The molecule has 0 saturated carbocycles. The SMILES string of the molecule is CCOC1=NCCc2ccccc21.F[B-](F)(F)F. The molecule has 100 valence electrons. The number of ether oxygens (including phenoxy) is 1. The number of hydrogen-bond donors (Lipinski definition) is 0. The standard InChI is InChI=1S/C11H13NO.BF4/c1-2-13-11-10-6-4-3-5-9(10)7-8-12-11;2-1(3,4)5/h3-6H,2,7-8H2,1H3;/q;-1. The van der Waals surface area contributed by atoms with Crippen molar-refractivity contribution in [3.05, 3.63) is 35.4 Å². The maximum atomic E-state index is 9.75. The van der Waals surface area contributed by atoms with Crippen LogP contribution in [0.25, 0.3) is 0 Å². The molecule has 1 aromatic rings. The number of rotatable bonds is 1. The summed E-state index contributed by atoms with van der Waals surface area (Å²) in [6, 6.07) is 8.30. The van der Waals surface area contributed by atoms with Gasteiger partial charge in [-0.2, -0.15) is 0 Å². The molecule has 0 fully saturated rings. The third-order valence-corrected chi connectivity index (χ3v) is 2.17. The average Bonchev–Trinajstić information content (AvgIpc) is 2.28. The molecule has 7 heteroatoms. The van der Waals surface area contributed by atoms with E-state index in [0.29, 0.717) is 6.61 Å². The second kappa shape index (κ2) is 6.42. The summed E-state index contributed by atoms with van der Waals surface area (Å²) in [6.07, 6.45) is 1.03. The number of benzene rings is 1. The lowest BCUT2D eigenvalue weighted by Crippen LogP contribution is -2.15. The molecule has 0 bridgehead atoms. The average molecular weight is 262 g/mol. The number of nitrogens with zero attached hydrogens (tertiary/aromatic N) is 1. The van der Waals surface area contributed by atoms with Crippen molar-refractivity contribution in [1.29, 1.82) is 0 Å². The smallest absolute Gasteiger partial charge is 0.478 e. The van der Waals surface area contributed by atoms with Crippen LogP contribution in [0.3, 0.4) is 0 Å². The van der Waals surface area contributed by atoms with E-state index in [1.807, 2.05) is 13.0 Å². The van der Waals surface area contributed by atoms with Gasteiger partial charge in [0, 0.05) is 12.1 Å². The van der Waals surface area contributed by atoms with Crippen LogP contribution in [0.15, 0.2) is 29.3 Å². The summed E-state index contributed by atoms with van der Waals surface area (Å²) in [5.41, 5.74) is 2.51. The molecule has 0 saturated heterocycles. The molecule has 1 aliphatic rings. The molecule has 0 unspecified atom stereocenters. The van der Waals surface area contributed by atoms with Gasteiger partial charge in [-0.25, -0.2) is 0 Å². The first-order valence-corrected chi connectivity index (χ1v) is 5.54. The summed E-state index contributed by atoms with van der Waals surface area (Å²) >= 11 is 0. The van der Waals surface area contributed by atoms with E-state index in [2.05, 4.69) is 23.2 Å². The summed E-state index contributed by atoms with van der Waals surface area (Å²) in [5, 5.41) is 0. The Bertz CT molecular complexity index is 414. The van der Waals surface area contributed by atoms with Crippen molar-refractivity contribution < 1.29 is 22.0 Å². The molecule has 0 aliphatic carbocycles. The lowest BCUT2D eigenvalue weighted by atomic mass is 10.0. The largest absolute Gasteiger partial charge is 0.673 e. The van der Waals surface area contributed by atoms with Gasteiger partial charge in [0.25, 0.3) is 0 Å². The molecular weight excluding hydrogens is 249 g/mol. The third-order valence-electron chi connectivity index (χ3n) is 2.17. The second-order valence-corrected chi connectivity index (χ2v) is 3.52. The Morgan fingerprint density at radius 2 is 1.83 bits per heavy atom. The first kappa shape index (κ1) is 14.5. The molecule has 18 heavy (non-hydrogen) atoms. The van der Waals surface area contributed by atoms with E-state index in [1.54, 1.807) is 0 Å². The number of aliphatic imine (C=N–C) groups is 1. The van der Waals surface area contributed by atoms with Gasteiger partial charge in [-0.15, -0.1) is 0 Å². The second-order valence-electron chi connectivity index (χ2n) is 3.52. The molecule has 0 amide bonds. The minimum atomic E-state index is -6.00. The highest BCUT2D eigenvalue weighted by Gasteiger charge is 2.20. The zero-order valence-corrected chi connectivity index (χ0v) is 9.88. The third kappa shape index (κ3) is 5.20. The predicted octanol–water partition coefficient (Wildman–Crippen LogP) is 3.33. The zero-order valence-electron chi connectivity index (χ0n) is 9.88. The van der Waals surface area contributed by atoms with Gasteiger partial charge in [-0.1, -0.05) is 18.2 Å². The van der Waals surface area contributed by atoms with Crippen LogP contribution in [0.2, 0.25) is 0 Å². The Balaban J connectivity index is 0.000000280. The van der Waals surface area contributed by atoms with Crippen LogP contribution in [-0.2, 0) is 11.2 Å². The highest BCUT2D eigenvalue weighted by Crippen LogP contribution is 2.16. The summed E-state index contributed by atoms with van der Waals surface area (Å²) < 4.78 is 44.5. The monoisotopic (exact) mass is 262 g/mol. The maximum absolute atomic E-state index is 9.75. The van der Waals surface area contributed by atoms with Crippen LogP contribution in [0.1, 0.15) is 18.1 Å². The number of fused-ring (bicyclic) bond motifs is 1. The Labute approximate surface area is 103 Å². The lowest BCUT2D eigenvalue weighted by Gasteiger charge is -2.15. The van der Waals surface area contributed by atoms with Crippen LogP contribution in [-0.4, -0.2) is 26.3 Å². The van der Waals surface area contributed by atoms with Gasteiger partial charge < -0.3 is 22.0 Å². The van der Waals surface area contributed by atoms with Gasteiger partial charge in [0.2, 0.25) is 5.90 Å². The summed E-state index contributed by atoms with van der Waals surface area (Å²) in [4.78, 5) is 4.35. The predicted molar refractivity (Wildman–Crippen MR) is 63.4 cm³/mol. The van der Waals surface area contributed by atoms with Crippen LogP contribution < -0.4 is 0 Å². The van der Waals surface area contributed by atoms with Gasteiger partial charge >= 0.3 is 7.25 Å². The fraction of sp³-hybridized carbons (Fsp3) is 0.364. The first-order chi connectivity index (χ1) is 8.42. The van der Waals surface area contributed by atoms with E-state index in [0.717, 1.165) is 24.4 Å². The van der Waals surface area contributed by atoms with Gasteiger partial charge in [0.1, 0.15) is 0 Å². The highest BCUT2D eigenvalue weighted by molar-refractivity contribution is 6.50. The summed E-state index contributed by atoms with van der Waals surface area (Å²) in [5.74, 6) is 0.810. The van der Waals surface area contributed by atoms with Crippen molar-refractivity contribution in [2.24, 2.45) is 4.99 Å². The zero-order chi connectivity index (χ0) is 13.6. The van der Waals surface area contributed by atoms with Crippen molar-refractivity contribution in [3.63, 3.8) is 0 Å². The molecular formula is C11H13BF4NO-.